The average Bonchev–Trinajstić information content (AvgIpc) is 2.60. The smallest absolute Gasteiger partial charge is 0.368 e. The van der Waals surface area contributed by atoms with Crippen LogP contribution in [0.5, 0.6) is 0 Å². The van der Waals surface area contributed by atoms with E-state index in [9.17, 15) is 35.9 Å². The number of nitrogens with two attached hydrogens (primary N) is 1. The summed E-state index contributed by atoms with van der Waals surface area (Å²) in [5.74, 6) is -2.03. The molecular weight excluding hydrogens is 390 g/mol. The van der Waals surface area contributed by atoms with Crippen LogP contribution in [0.2, 0.25) is 0 Å². The van der Waals surface area contributed by atoms with Gasteiger partial charge in [0, 0.05) is 12.0 Å². The number of benzene rings is 2. The van der Waals surface area contributed by atoms with Crippen LogP contribution in [0, 0.1) is 0 Å². The zero-order valence-corrected chi connectivity index (χ0v) is 14.1. The van der Waals surface area contributed by atoms with Crippen LogP contribution in [0.3, 0.4) is 0 Å². The van der Waals surface area contributed by atoms with Gasteiger partial charge in [0.1, 0.15) is 6.04 Å². The van der Waals surface area contributed by atoms with E-state index in [-0.39, 0.29) is 11.1 Å². The number of primary amides is 1. The summed E-state index contributed by atoms with van der Waals surface area (Å²) in [7, 11) is 0. The lowest BCUT2D eigenvalue weighted by atomic mass is 9.99. The molecule has 0 unspecified atom stereocenters. The van der Waals surface area contributed by atoms with E-state index in [0.717, 1.165) is 24.3 Å². The summed E-state index contributed by atoms with van der Waals surface area (Å²) in [6.45, 7) is 0. The minimum atomic E-state index is -4.67. The fraction of sp³-hybridized carbons (Fsp3) is 0.222. The topological polar surface area (TPSA) is 72.2 Å². The lowest BCUT2D eigenvalue weighted by Gasteiger charge is -2.19. The van der Waals surface area contributed by atoms with Crippen LogP contribution >= 0.6 is 0 Å². The standard InChI is InChI=1S/C18H14F6N2O2/c19-17(20,21)12-7-5-10(6-8-12)16(28)26-14(15(25)27)9-11-3-1-2-4-13(11)18(22,23)24/h1-8,14H,9H2,(H2,25,27)(H,26,28)/t14-/m0/s1. The number of carbonyl (C=O) groups is 2. The van der Waals surface area contributed by atoms with Crippen LogP contribution in [-0.4, -0.2) is 17.9 Å². The summed E-state index contributed by atoms with van der Waals surface area (Å²) in [5, 5.41) is 2.16. The molecule has 3 N–H and O–H groups in total. The molecule has 10 heteroatoms. The zero-order chi connectivity index (χ0) is 21.1. The lowest BCUT2D eigenvalue weighted by molar-refractivity contribution is -0.138. The van der Waals surface area contributed by atoms with Gasteiger partial charge in [0.05, 0.1) is 11.1 Å². The highest BCUT2D eigenvalue weighted by Crippen LogP contribution is 2.32. The number of hydrogen-bond acceptors (Lipinski definition) is 2. The van der Waals surface area contributed by atoms with Crippen molar-refractivity contribution in [3.63, 3.8) is 0 Å². The number of hydrogen-bond donors (Lipinski definition) is 2. The van der Waals surface area contributed by atoms with Gasteiger partial charge in [-0.1, -0.05) is 18.2 Å². The second-order valence-corrected chi connectivity index (χ2v) is 5.86. The van der Waals surface area contributed by atoms with Gasteiger partial charge in [0.25, 0.3) is 5.91 Å². The number of halogens is 6. The molecule has 0 aliphatic carbocycles. The van der Waals surface area contributed by atoms with Crippen LogP contribution in [0.25, 0.3) is 0 Å². The maximum absolute atomic E-state index is 13.1. The van der Waals surface area contributed by atoms with Gasteiger partial charge in [-0.3, -0.25) is 9.59 Å². The number of carbonyl (C=O) groups excluding carboxylic acids is 2. The maximum Gasteiger partial charge on any atom is 0.416 e. The van der Waals surface area contributed by atoms with Gasteiger partial charge >= 0.3 is 12.4 Å². The first-order valence-corrected chi connectivity index (χ1v) is 7.82. The molecule has 28 heavy (non-hydrogen) atoms. The Bertz CT molecular complexity index is 860. The van der Waals surface area contributed by atoms with Crippen molar-refractivity contribution in [1.82, 2.24) is 5.32 Å². The Labute approximate surface area is 155 Å². The Kier molecular flexibility index (Phi) is 6.01. The molecule has 2 amide bonds. The Balaban J connectivity index is 2.20. The van der Waals surface area contributed by atoms with Crippen molar-refractivity contribution < 1.29 is 35.9 Å². The average molecular weight is 404 g/mol. The first-order valence-electron chi connectivity index (χ1n) is 7.82. The first-order chi connectivity index (χ1) is 12.9. The molecule has 0 aromatic heterocycles. The molecule has 2 aromatic carbocycles. The Morgan fingerprint density at radius 3 is 1.96 bits per heavy atom. The fourth-order valence-corrected chi connectivity index (χ4v) is 2.47. The maximum atomic E-state index is 13.1. The molecule has 0 bridgehead atoms. The molecule has 0 aliphatic rings. The number of amides is 2. The van der Waals surface area contributed by atoms with E-state index in [1.807, 2.05) is 0 Å². The molecule has 2 aromatic rings. The van der Waals surface area contributed by atoms with Crippen molar-refractivity contribution >= 4 is 11.8 Å². The van der Waals surface area contributed by atoms with Crippen LogP contribution < -0.4 is 11.1 Å². The minimum absolute atomic E-state index is 0.205. The quantitative estimate of drug-likeness (QED) is 0.749. The number of alkyl halides is 6. The van der Waals surface area contributed by atoms with Crippen molar-refractivity contribution in [3.8, 4) is 0 Å². The lowest BCUT2D eigenvalue weighted by Crippen LogP contribution is -2.46. The molecule has 0 heterocycles. The molecule has 0 radical (unpaired) electrons. The Morgan fingerprint density at radius 2 is 1.46 bits per heavy atom. The van der Waals surface area contributed by atoms with Gasteiger partial charge in [0.2, 0.25) is 5.91 Å². The minimum Gasteiger partial charge on any atom is -0.368 e. The van der Waals surface area contributed by atoms with Crippen LogP contribution in [-0.2, 0) is 23.6 Å². The van der Waals surface area contributed by atoms with Crippen LogP contribution in [0.1, 0.15) is 27.0 Å². The van der Waals surface area contributed by atoms with Gasteiger partial charge < -0.3 is 11.1 Å². The highest BCUT2D eigenvalue weighted by atomic mass is 19.4. The van der Waals surface area contributed by atoms with E-state index in [1.54, 1.807) is 0 Å². The highest BCUT2D eigenvalue weighted by Gasteiger charge is 2.34. The van der Waals surface area contributed by atoms with Crippen molar-refractivity contribution in [2.75, 3.05) is 0 Å². The Hall–Kier alpha value is -3.04. The summed E-state index contributed by atoms with van der Waals surface area (Å²) >= 11 is 0. The zero-order valence-electron chi connectivity index (χ0n) is 14.1. The number of nitrogens with one attached hydrogen (secondary N) is 1. The summed E-state index contributed by atoms with van der Waals surface area (Å²) in [6.07, 6.45) is -9.79. The molecule has 2 rings (SSSR count). The van der Waals surface area contributed by atoms with Gasteiger partial charge in [-0.2, -0.15) is 26.3 Å². The van der Waals surface area contributed by atoms with Crippen molar-refractivity contribution in [1.29, 1.82) is 0 Å². The summed E-state index contributed by atoms with van der Waals surface area (Å²) < 4.78 is 76.9. The largest absolute Gasteiger partial charge is 0.416 e. The number of rotatable bonds is 5. The summed E-state index contributed by atoms with van der Waals surface area (Å²) in [4.78, 5) is 23.8. The van der Waals surface area contributed by atoms with Crippen molar-refractivity contribution in [2.45, 2.75) is 24.8 Å². The Morgan fingerprint density at radius 1 is 0.893 bits per heavy atom. The molecule has 0 saturated carbocycles. The molecule has 0 spiro atoms. The first kappa shape index (κ1) is 21.3. The molecule has 0 aliphatic heterocycles. The molecule has 1 atom stereocenters. The van der Waals surface area contributed by atoms with Gasteiger partial charge in [0.15, 0.2) is 0 Å². The normalized spacial score (nSPS) is 13.1. The van der Waals surface area contributed by atoms with Gasteiger partial charge in [-0.25, -0.2) is 0 Å². The third-order valence-corrected chi connectivity index (χ3v) is 3.87. The van der Waals surface area contributed by atoms with Crippen LogP contribution in [0.4, 0.5) is 26.3 Å². The molecule has 0 saturated heterocycles. The van der Waals surface area contributed by atoms with E-state index in [4.69, 9.17) is 5.73 Å². The van der Waals surface area contributed by atoms with Gasteiger partial charge in [-0.15, -0.1) is 0 Å². The van der Waals surface area contributed by atoms with E-state index in [0.29, 0.717) is 12.1 Å². The predicted molar refractivity (Wildman–Crippen MR) is 87.0 cm³/mol. The van der Waals surface area contributed by atoms with Crippen LogP contribution in [0.15, 0.2) is 48.5 Å². The van der Waals surface area contributed by atoms with E-state index in [1.165, 1.54) is 12.1 Å². The van der Waals surface area contributed by atoms with Crippen molar-refractivity contribution in [2.24, 2.45) is 5.73 Å². The SMILES string of the molecule is NC(=O)[C@H](Cc1ccccc1C(F)(F)F)NC(=O)c1ccc(C(F)(F)F)cc1. The molecular formula is C18H14F6N2O2. The molecule has 4 nitrogen and oxygen atoms in total. The molecule has 0 fully saturated rings. The predicted octanol–water partition coefficient (Wildman–Crippen LogP) is 3.55. The summed E-state index contributed by atoms with van der Waals surface area (Å²) in [5.41, 5.74) is 2.75. The van der Waals surface area contributed by atoms with E-state index < -0.39 is 47.8 Å². The third kappa shape index (κ3) is 5.24. The van der Waals surface area contributed by atoms with E-state index in [2.05, 4.69) is 5.32 Å². The fourth-order valence-electron chi connectivity index (χ4n) is 2.47. The highest BCUT2D eigenvalue weighted by molar-refractivity contribution is 5.97. The summed E-state index contributed by atoms with van der Waals surface area (Å²) in [6, 6.07) is 6.11. The third-order valence-electron chi connectivity index (χ3n) is 3.87. The van der Waals surface area contributed by atoms with Crippen molar-refractivity contribution in [3.05, 3.63) is 70.8 Å². The van der Waals surface area contributed by atoms with E-state index >= 15 is 0 Å². The second kappa shape index (κ2) is 7.91. The monoisotopic (exact) mass is 404 g/mol. The molecule has 150 valence electrons. The van der Waals surface area contributed by atoms with Gasteiger partial charge in [-0.05, 0) is 35.9 Å². The second-order valence-electron chi connectivity index (χ2n) is 5.86.